The molecule has 0 saturated heterocycles. The number of carbonyl (C=O) groups excluding carboxylic acids is 1. The lowest BCUT2D eigenvalue weighted by Crippen LogP contribution is -2.28. The number of nitrogens with one attached hydrogen (secondary N) is 1. The van der Waals surface area contributed by atoms with Crippen LogP contribution in [0.5, 0.6) is 0 Å². The van der Waals surface area contributed by atoms with Gasteiger partial charge in [0.25, 0.3) is 5.91 Å². The van der Waals surface area contributed by atoms with E-state index in [1.807, 2.05) is 31.4 Å². The third-order valence-corrected chi connectivity index (χ3v) is 4.23. The van der Waals surface area contributed by atoms with Crippen molar-refractivity contribution in [1.82, 2.24) is 9.88 Å². The van der Waals surface area contributed by atoms with Gasteiger partial charge < -0.3 is 15.0 Å². The minimum Gasteiger partial charge on any atom is -0.387 e. The molecule has 0 spiro atoms. The Bertz CT molecular complexity index is 728. The Labute approximate surface area is 139 Å². The summed E-state index contributed by atoms with van der Waals surface area (Å²) in [5.41, 5.74) is 2.84. The van der Waals surface area contributed by atoms with E-state index >= 15 is 0 Å². The fourth-order valence-corrected chi connectivity index (χ4v) is 2.76. The quantitative estimate of drug-likeness (QED) is 0.878. The number of hydrogen-bond donors (Lipinski definition) is 2. The minimum absolute atomic E-state index is 0.00279. The third-order valence-electron chi connectivity index (χ3n) is 3.92. The molecule has 1 aromatic carbocycles. The Morgan fingerprint density at radius 2 is 2.09 bits per heavy atom. The molecule has 2 rings (SSSR count). The highest BCUT2D eigenvalue weighted by molar-refractivity contribution is 6.30. The SMILES string of the molecule is CCn1c(C)cc(C(=O)NCC(O)c2ccc(Cl)c(F)c2)c1C. The normalized spacial score (nSPS) is 12.3. The minimum atomic E-state index is -1.000. The van der Waals surface area contributed by atoms with E-state index in [9.17, 15) is 14.3 Å². The fourth-order valence-electron chi connectivity index (χ4n) is 2.64. The fraction of sp³-hybridized carbons (Fsp3) is 0.353. The molecule has 124 valence electrons. The monoisotopic (exact) mass is 338 g/mol. The van der Waals surface area contributed by atoms with Gasteiger partial charge >= 0.3 is 0 Å². The van der Waals surface area contributed by atoms with Crippen molar-refractivity contribution in [2.75, 3.05) is 6.54 Å². The van der Waals surface area contributed by atoms with Crippen LogP contribution in [0.1, 0.15) is 40.3 Å². The first-order valence-corrected chi connectivity index (χ1v) is 7.80. The van der Waals surface area contributed by atoms with E-state index in [4.69, 9.17) is 11.6 Å². The number of aliphatic hydroxyl groups excluding tert-OH is 1. The second-order valence-electron chi connectivity index (χ2n) is 5.43. The number of halogens is 2. The maximum Gasteiger partial charge on any atom is 0.253 e. The summed E-state index contributed by atoms with van der Waals surface area (Å²) >= 11 is 5.61. The topological polar surface area (TPSA) is 54.3 Å². The molecule has 0 radical (unpaired) electrons. The van der Waals surface area contributed by atoms with Crippen molar-refractivity contribution in [2.45, 2.75) is 33.4 Å². The average Bonchev–Trinajstić information content (AvgIpc) is 2.81. The Morgan fingerprint density at radius 1 is 1.39 bits per heavy atom. The van der Waals surface area contributed by atoms with Gasteiger partial charge in [0.2, 0.25) is 0 Å². The van der Waals surface area contributed by atoms with Gasteiger partial charge in [-0.05, 0) is 44.5 Å². The summed E-state index contributed by atoms with van der Waals surface area (Å²) in [5.74, 6) is -0.854. The van der Waals surface area contributed by atoms with E-state index in [1.165, 1.54) is 18.2 Å². The van der Waals surface area contributed by atoms with Crippen molar-refractivity contribution < 1.29 is 14.3 Å². The van der Waals surface area contributed by atoms with Gasteiger partial charge in [0.1, 0.15) is 5.82 Å². The molecule has 0 aliphatic rings. The van der Waals surface area contributed by atoms with E-state index in [0.29, 0.717) is 11.1 Å². The molecule has 1 heterocycles. The second-order valence-corrected chi connectivity index (χ2v) is 5.84. The predicted molar refractivity (Wildman–Crippen MR) is 88.3 cm³/mol. The summed E-state index contributed by atoms with van der Waals surface area (Å²) < 4.78 is 15.5. The van der Waals surface area contributed by atoms with Gasteiger partial charge in [-0.1, -0.05) is 17.7 Å². The summed E-state index contributed by atoms with van der Waals surface area (Å²) in [4.78, 5) is 12.3. The first kappa shape index (κ1) is 17.5. The molecule has 6 heteroatoms. The molecule has 0 fully saturated rings. The molecular weight excluding hydrogens is 319 g/mol. The number of aliphatic hydroxyl groups is 1. The first-order valence-electron chi connectivity index (χ1n) is 7.43. The number of carbonyl (C=O) groups is 1. The highest BCUT2D eigenvalue weighted by Crippen LogP contribution is 2.20. The van der Waals surface area contributed by atoms with Crippen molar-refractivity contribution in [3.63, 3.8) is 0 Å². The van der Waals surface area contributed by atoms with Crippen LogP contribution in [-0.2, 0) is 6.54 Å². The largest absolute Gasteiger partial charge is 0.387 e. The van der Waals surface area contributed by atoms with Gasteiger partial charge in [0.05, 0.1) is 16.7 Å². The molecule has 1 unspecified atom stereocenters. The molecule has 0 saturated carbocycles. The number of aryl methyl sites for hydroxylation is 1. The summed E-state index contributed by atoms with van der Waals surface area (Å²) in [6.07, 6.45) is -1.000. The van der Waals surface area contributed by atoms with E-state index in [-0.39, 0.29) is 17.5 Å². The van der Waals surface area contributed by atoms with Gasteiger partial charge in [-0.3, -0.25) is 4.79 Å². The Kier molecular flexibility index (Phi) is 5.44. The van der Waals surface area contributed by atoms with Crippen LogP contribution < -0.4 is 5.32 Å². The van der Waals surface area contributed by atoms with Crippen molar-refractivity contribution in [3.8, 4) is 0 Å². The molecule has 1 amide bonds. The molecule has 4 nitrogen and oxygen atoms in total. The lowest BCUT2D eigenvalue weighted by atomic mass is 10.1. The van der Waals surface area contributed by atoms with Gasteiger partial charge in [-0.15, -0.1) is 0 Å². The predicted octanol–water partition coefficient (Wildman–Crippen LogP) is 3.38. The molecule has 2 aromatic rings. The second kappa shape index (κ2) is 7.15. The lowest BCUT2D eigenvalue weighted by Gasteiger charge is -2.13. The maximum absolute atomic E-state index is 13.4. The third kappa shape index (κ3) is 3.74. The highest BCUT2D eigenvalue weighted by Gasteiger charge is 2.17. The van der Waals surface area contributed by atoms with Crippen molar-refractivity contribution >= 4 is 17.5 Å². The zero-order chi connectivity index (χ0) is 17.1. The number of aromatic nitrogens is 1. The Balaban J connectivity index is 2.05. The first-order chi connectivity index (χ1) is 10.8. The molecule has 1 aromatic heterocycles. The van der Waals surface area contributed by atoms with Crippen molar-refractivity contribution in [2.24, 2.45) is 0 Å². The molecule has 2 N–H and O–H groups in total. The van der Waals surface area contributed by atoms with E-state index in [1.54, 1.807) is 0 Å². The number of nitrogens with zero attached hydrogens (tertiary/aromatic N) is 1. The van der Waals surface area contributed by atoms with Crippen molar-refractivity contribution in [1.29, 1.82) is 0 Å². The van der Waals surface area contributed by atoms with Crippen LogP contribution in [-0.4, -0.2) is 22.1 Å². The smallest absolute Gasteiger partial charge is 0.253 e. The standard InChI is InChI=1S/C17H20ClFN2O2/c1-4-21-10(2)7-13(11(21)3)17(23)20-9-16(22)12-5-6-14(18)15(19)8-12/h5-8,16,22H,4,9H2,1-3H3,(H,20,23). The van der Waals surface area contributed by atoms with Gasteiger partial charge in [-0.2, -0.15) is 0 Å². The molecular formula is C17H20ClFN2O2. The summed E-state index contributed by atoms with van der Waals surface area (Å²) in [7, 11) is 0. The molecule has 0 aliphatic heterocycles. The van der Waals surface area contributed by atoms with Crippen LogP contribution in [0.2, 0.25) is 5.02 Å². The number of benzene rings is 1. The molecule has 23 heavy (non-hydrogen) atoms. The van der Waals surface area contributed by atoms with Crippen LogP contribution in [0.25, 0.3) is 0 Å². The van der Waals surface area contributed by atoms with Crippen LogP contribution in [0, 0.1) is 19.7 Å². The molecule has 1 atom stereocenters. The zero-order valence-corrected chi connectivity index (χ0v) is 14.1. The number of amides is 1. The lowest BCUT2D eigenvalue weighted by molar-refractivity contribution is 0.0915. The summed E-state index contributed by atoms with van der Waals surface area (Å²) in [6.45, 7) is 6.63. The number of hydrogen-bond acceptors (Lipinski definition) is 2. The van der Waals surface area contributed by atoms with Gasteiger partial charge in [0.15, 0.2) is 0 Å². The van der Waals surface area contributed by atoms with E-state index < -0.39 is 11.9 Å². The van der Waals surface area contributed by atoms with Crippen LogP contribution in [0.15, 0.2) is 24.3 Å². The maximum atomic E-state index is 13.4. The van der Waals surface area contributed by atoms with Gasteiger partial charge in [0, 0.05) is 24.5 Å². The van der Waals surface area contributed by atoms with Crippen LogP contribution >= 0.6 is 11.6 Å². The van der Waals surface area contributed by atoms with Crippen LogP contribution in [0.4, 0.5) is 4.39 Å². The molecule has 0 aliphatic carbocycles. The highest BCUT2D eigenvalue weighted by atomic mass is 35.5. The van der Waals surface area contributed by atoms with Crippen LogP contribution in [0.3, 0.4) is 0 Å². The Hall–Kier alpha value is -1.85. The zero-order valence-electron chi connectivity index (χ0n) is 13.4. The van der Waals surface area contributed by atoms with E-state index in [0.717, 1.165) is 17.9 Å². The van der Waals surface area contributed by atoms with Gasteiger partial charge in [-0.25, -0.2) is 4.39 Å². The van der Waals surface area contributed by atoms with Crippen molar-refractivity contribution in [3.05, 3.63) is 57.6 Å². The average molecular weight is 339 g/mol. The Morgan fingerprint density at radius 3 is 2.65 bits per heavy atom. The summed E-state index contributed by atoms with van der Waals surface area (Å²) in [5, 5.41) is 12.8. The molecule has 0 bridgehead atoms. The number of rotatable bonds is 5. The summed E-state index contributed by atoms with van der Waals surface area (Å²) in [6, 6.07) is 5.90. The van der Waals surface area contributed by atoms with E-state index in [2.05, 4.69) is 5.32 Å².